The van der Waals surface area contributed by atoms with Gasteiger partial charge in [-0.3, -0.25) is 14.7 Å². The third-order valence-corrected chi connectivity index (χ3v) is 3.85. The van der Waals surface area contributed by atoms with E-state index in [0.29, 0.717) is 0 Å². The summed E-state index contributed by atoms with van der Waals surface area (Å²) in [6.45, 7) is 2.05. The van der Waals surface area contributed by atoms with Crippen molar-refractivity contribution in [3.05, 3.63) is 67.3 Å². The topological polar surface area (TPSA) is 121 Å². The minimum Gasteiger partial charge on any atom is -0.404 e. The lowest BCUT2D eigenvalue weighted by Gasteiger charge is -2.04. The van der Waals surface area contributed by atoms with Crippen LogP contribution in [0.15, 0.2) is 48.9 Å². The third-order valence-electron chi connectivity index (χ3n) is 3.29. The van der Waals surface area contributed by atoms with Crippen molar-refractivity contribution >= 4 is 32.8 Å². The Morgan fingerprint density at radius 1 is 1.27 bits per heavy atom. The molecule has 0 aromatic carbocycles. The number of nitrogens with zero attached hydrogens (tertiary/aromatic N) is 3. The number of nitro groups is 1. The molecule has 138 valence electrons. The Bertz CT molecular complexity index is 1000. The molecular weight excluding hydrogens is 410 g/mol. The average molecular weight is 426 g/mol. The van der Waals surface area contributed by atoms with Crippen molar-refractivity contribution < 1.29 is 13.8 Å². The molecule has 0 aliphatic carbocycles. The van der Waals surface area contributed by atoms with E-state index in [1.807, 2.05) is 0 Å². The highest BCUT2D eigenvalue weighted by molar-refractivity contribution is 9.09. The van der Waals surface area contributed by atoms with Crippen molar-refractivity contribution in [1.82, 2.24) is 9.55 Å². The minimum absolute atomic E-state index is 0.123. The summed E-state index contributed by atoms with van der Waals surface area (Å²) in [4.78, 5) is 37.2. The van der Waals surface area contributed by atoms with E-state index in [2.05, 4.69) is 32.3 Å². The molecule has 3 aromatic rings. The summed E-state index contributed by atoms with van der Waals surface area (Å²) in [6, 6.07) is 5.54. The van der Waals surface area contributed by atoms with Crippen LogP contribution in [0.25, 0.3) is 11.0 Å². The number of fused-ring (bicyclic) bond motifs is 1. The second-order valence-electron chi connectivity index (χ2n) is 5.16. The molecular formula is C16H16BrN3O6. The number of alkyl halides is 1. The Balaban J connectivity index is 0.000000431. The monoisotopic (exact) mass is 425 g/mol. The molecule has 0 N–H and O–H groups in total. The molecule has 26 heavy (non-hydrogen) atoms. The predicted octanol–water partition coefficient (Wildman–Crippen LogP) is 3.08. The van der Waals surface area contributed by atoms with Crippen LogP contribution in [-0.4, -0.2) is 19.8 Å². The highest BCUT2D eigenvalue weighted by atomic mass is 79.9. The number of unbranched alkanes of at least 4 members (excludes halogenated alkanes) is 1. The fourth-order valence-electron chi connectivity index (χ4n) is 2.03. The van der Waals surface area contributed by atoms with Crippen LogP contribution in [0.3, 0.4) is 0 Å². The molecule has 0 saturated carbocycles. The van der Waals surface area contributed by atoms with Gasteiger partial charge in [-0.1, -0.05) is 29.3 Å². The van der Waals surface area contributed by atoms with Crippen molar-refractivity contribution in [2.45, 2.75) is 26.3 Å². The normalized spacial score (nSPS) is 10.4. The molecule has 0 amide bonds. The Labute approximate surface area is 155 Å². The standard InChI is InChI=1S/C12H7N3O6.C4H9Br/c16-11-8-2-1-5-13-10(8)14(12(17)21-11)6-7-3-4-9(20-7)15(18)19;1-2-3-4-5/h1-5H,6H2;2-4H2,1H3. The maximum atomic E-state index is 11.8. The Kier molecular flexibility index (Phi) is 6.84. The number of halogens is 1. The zero-order valence-electron chi connectivity index (χ0n) is 13.9. The van der Waals surface area contributed by atoms with Crippen LogP contribution in [0.1, 0.15) is 25.5 Å². The summed E-state index contributed by atoms with van der Waals surface area (Å²) in [5.41, 5.74) is -0.664. The highest BCUT2D eigenvalue weighted by Crippen LogP contribution is 2.17. The second kappa shape index (κ2) is 9.09. The van der Waals surface area contributed by atoms with Gasteiger partial charge in [0, 0.05) is 11.5 Å². The lowest BCUT2D eigenvalue weighted by atomic mass is 10.3. The predicted molar refractivity (Wildman–Crippen MR) is 97.7 cm³/mol. The van der Waals surface area contributed by atoms with Gasteiger partial charge in [0.25, 0.3) is 0 Å². The molecule has 0 aliphatic rings. The summed E-state index contributed by atoms with van der Waals surface area (Å²) >= 11 is 3.31. The maximum absolute atomic E-state index is 11.8. The number of hydrogen-bond donors (Lipinski definition) is 0. The summed E-state index contributed by atoms with van der Waals surface area (Å²) in [5.74, 6) is -1.18. The van der Waals surface area contributed by atoms with E-state index in [4.69, 9.17) is 4.42 Å². The Hall–Kier alpha value is -2.75. The van der Waals surface area contributed by atoms with Gasteiger partial charge in [0.05, 0.1) is 12.6 Å². The van der Waals surface area contributed by atoms with Crippen LogP contribution >= 0.6 is 15.9 Å². The van der Waals surface area contributed by atoms with Gasteiger partial charge in [-0.25, -0.2) is 14.6 Å². The highest BCUT2D eigenvalue weighted by Gasteiger charge is 2.15. The van der Waals surface area contributed by atoms with Crippen LogP contribution in [0.2, 0.25) is 0 Å². The van der Waals surface area contributed by atoms with E-state index in [-0.39, 0.29) is 23.3 Å². The lowest BCUT2D eigenvalue weighted by molar-refractivity contribution is -0.402. The summed E-state index contributed by atoms with van der Waals surface area (Å²) in [6.07, 6.45) is 4.02. The molecule has 9 nitrogen and oxygen atoms in total. The van der Waals surface area contributed by atoms with E-state index >= 15 is 0 Å². The van der Waals surface area contributed by atoms with E-state index in [1.165, 1.54) is 43.3 Å². The van der Waals surface area contributed by atoms with E-state index in [1.54, 1.807) is 0 Å². The third kappa shape index (κ3) is 4.66. The van der Waals surface area contributed by atoms with Gasteiger partial charge in [-0.15, -0.1) is 0 Å². The molecule has 0 radical (unpaired) electrons. The van der Waals surface area contributed by atoms with E-state index in [9.17, 15) is 19.7 Å². The summed E-state index contributed by atoms with van der Waals surface area (Å²) in [5, 5.41) is 11.9. The zero-order chi connectivity index (χ0) is 19.1. The number of hydrogen-bond acceptors (Lipinski definition) is 7. The number of furan rings is 1. The molecule has 3 rings (SSSR count). The first-order valence-electron chi connectivity index (χ1n) is 7.75. The Morgan fingerprint density at radius 3 is 2.62 bits per heavy atom. The van der Waals surface area contributed by atoms with E-state index < -0.39 is 22.2 Å². The van der Waals surface area contributed by atoms with Gasteiger partial charge >= 0.3 is 17.3 Å². The van der Waals surface area contributed by atoms with Gasteiger partial charge in [0.1, 0.15) is 16.1 Å². The summed E-state index contributed by atoms with van der Waals surface area (Å²) in [7, 11) is 0. The van der Waals surface area contributed by atoms with Crippen molar-refractivity contribution in [1.29, 1.82) is 0 Å². The number of pyridine rings is 1. The SMILES string of the molecule is CCCCBr.O=c1oc(=O)n(Cc2ccc([N+](=O)[O-])o2)c2ncccc12. The largest absolute Gasteiger partial charge is 0.433 e. The zero-order valence-corrected chi connectivity index (χ0v) is 15.5. The quantitative estimate of drug-likeness (QED) is 0.349. The smallest absolute Gasteiger partial charge is 0.404 e. The van der Waals surface area contributed by atoms with Crippen molar-refractivity contribution in [2.24, 2.45) is 0 Å². The summed E-state index contributed by atoms with van der Waals surface area (Å²) < 4.78 is 10.6. The van der Waals surface area contributed by atoms with Crippen molar-refractivity contribution in [2.75, 3.05) is 5.33 Å². The van der Waals surface area contributed by atoms with Gasteiger partial charge in [-0.05, 0) is 24.6 Å². The van der Waals surface area contributed by atoms with Gasteiger partial charge in [0.2, 0.25) is 0 Å². The number of rotatable bonds is 5. The molecule has 0 spiro atoms. The maximum Gasteiger partial charge on any atom is 0.433 e. The first-order valence-corrected chi connectivity index (χ1v) is 8.87. The first kappa shape index (κ1) is 19.6. The second-order valence-corrected chi connectivity index (χ2v) is 5.95. The molecule has 0 atom stereocenters. The molecule has 0 aliphatic heterocycles. The molecule has 0 saturated heterocycles. The van der Waals surface area contributed by atoms with E-state index in [0.717, 1.165) is 9.90 Å². The van der Waals surface area contributed by atoms with Crippen LogP contribution in [0.5, 0.6) is 0 Å². The fourth-order valence-corrected chi connectivity index (χ4v) is 2.59. The molecule has 3 heterocycles. The average Bonchev–Trinajstić information content (AvgIpc) is 3.09. The van der Waals surface area contributed by atoms with Gasteiger partial charge in [0.15, 0.2) is 5.65 Å². The van der Waals surface area contributed by atoms with Gasteiger partial charge in [-0.2, -0.15) is 0 Å². The molecule has 0 bridgehead atoms. The fraction of sp³-hybridized carbons (Fsp3) is 0.312. The molecule has 3 aromatic heterocycles. The van der Waals surface area contributed by atoms with Crippen LogP contribution in [0.4, 0.5) is 5.88 Å². The molecule has 0 unspecified atom stereocenters. The first-order chi connectivity index (χ1) is 12.5. The Morgan fingerprint density at radius 2 is 2.04 bits per heavy atom. The van der Waals surface area contributed by atoms with Crippen LogP contribution < -0.4 is 11.4 Å². The van der Waals surface area contributed by atoms with Gasteiger partial charge < -0.3 is 8.83 Å². The van der Waals surface area contributed by atoms with Crippen molar-refractivity contribution in [3.8, 4) is 0 Å². The van der Waals surface area contributed by atoms with Crippen LogP contribution in [-0.2, 0) is 6.54 Å². The minimum atomic E-state index is -0.912. The van der Waals surface area contributed by atoms with Crippen molar-refractivity contribution in [3.63, 3.8) is 0 Å². The lowest BCUT2D eigenvalue weighted by Crippen LogP contribution is -2.26. The number of aromatic nitrogens is 2. The molecule has 10 heteroatoms. The molecule has 0 fully saturated rings. The van der Waals surface area contributed by atoms with Crippen LogP contribution in [0, 0.1) is 10.1 Å².